The fraction of sp³-hybridized carbons (Fsp3) is 0.600. The summed E-state index contributed by atoms with van der Waals surface area (Å²) >= 11 is 0. The first-order chi connectivity index (χ1) is 8.74. The van der Waals surface area contributed by atoms with Crippen molar-refractivity contribution in [3.63, 3.8) is 0 Å². The van der Waals surface area contributed by atoms with Crippen LogP contribution in [0.25, 0.3) is 0 Å². The first kappa shape index (κ1) is 11.8. The van der Waals surface area contributed by atoms with E-state index < -0.39 is 0 Å². The van der Waals surface area contributed by atoms with Crippen molar-refractivity contribution >= 4 is 11.4 Å². The molecule has 2 fully saturated rings. The van der Waals surface area contributed by atoms with Gasteiger partial charge in [-0.05, 0) is 50.1 Å². The lowest BCUT2D eigenvalue weighted by molar-refractivity contribution is 0.318. The molecule has 1 aromatic carbocycles. The third kappa shape index (κ3) is 2.19. The molecule has 0 spiro atoms. The minimum atomic E-state index is 0.651. The number of benzene rings is 1. The van der Waals surface area contributed by atoms with E-state index in [1.807, 2.05) is 0 Å². The lowest BCUT2D eigenvalue weighted by Crippen LogP contribution is -2.33. The fourth-order valence-corrected chi connectivity index (χ4v) is 3.32. The van der Waals surface area contributed by atoms with Crippen LogP contribution >= 0.6 is 0 Å². The van der Waals surface area contributed by atoms with Crippen LogP contribution in [0.2, 0.25) is 0 Å². The molecule has 2 heterocycles. The van der Waals surface area contributed by atoms with Crippen LogP contribution in [0.3, 0.4) is 0 Å². The Kier molecular flexibility index (Phi) is 3.16. The van der Waals surface area contributed by atoms with Crippen molar-refractivity contribution in [3.8, 4) is 0 Å². The molecule has 98 valence electrons. The molecule has 18 heavy (non-hydrogen) atoms. The molecule has 3 nitrogen and oxygen atoms in total. The molecule has 1 aromatic rings. The lowest BCUT2D eigenvalue weighted by Gasteiger charge is -2.22. The summed E-state index contributed by atoms with van der Waals surface area (Å²) in [5, 5.41) is 3.72. The molecule has 0 radical (unpaired) electrons. The molecular weight excluding hydrogens is 222 g/mol. The van der Waals surface area contributed by atoms with Crippen molar-refractivity contribution in [3.05, 3.63) is 24.3 Å². The summed E-state index contributed by atoms with van der Waals surface area (Å²) in [6.07, 6.45) is 4.04. The van der Waals surface area contributed by atoms with Crippen LogP contribution < -0.4 is 10.2 Å². The Morgan fingerprint density at radius 3 is 2.61 bits per heavy atom. The van der Waals surface area contributed by atoms with Crippen LogP contribution in [0.1, 0.15) is 19.3 Å². The predicted octanol–water partition coefficient (Wildman–Crippen LogP) is 2.40. The first-order valence-electron chi connectivity index (χ1n) is 7.02. The zero-order valence-electron chi connectivity index (χ0n) is 11.4. The topological polar surface area (TPSA) is 18.5 Å². The third-order valence-electron chi connectivity index (χ3n) is 4.34. The van der Waals surface area contributed by atoms with Crippen LogP contribution in [-0.2, 0) is 0 Å². The maximum Gasteiger partial charge on any atom is 0.0429 e. The minimum absolute atomic E-state index is 0.651. The Bertz CT molecular complexity index is 399. The highest BCUT2D eigenvalue weighted by Gasteiger charge is 2.36. The second-order valence-electron chi connectivity index (χ2n) is 5.73. The molecule has 1 N–H and O–H groups in total. The average Bonchev–Trinajstić information content (AvgIpc) is 2.95. The molecule has 2 saturated heterocycles. The van der Waals surface area contributed by atoms with E-state index >= 15 is 0 Å². The van der Waals surface area contributed by atoms with Crippen LogP contribution in [0.4, 0.5) is 11.4 Å². The zero-order valence-corrected chi connectivity index (χ0v) is 11.4. The maximum atomic E-state index is 3.72. The Balaban J connectivity index is 1.65. The highest BCUT2D eigenvalue weighted by Crippen LogP contribution is 2.30. The van der Waals surface area contributed by atoms with Crippen molar-refractivity contribution in [1.29, 1.82) is 0 Å². The van der Waals surface area contributed by atoms with Gasteiger partial charge in [0.25, 0.3) is 0 Å². The van der Waals surface area contributed by atoms with Gasteiger partial charge >= 0.3 is 0 Å². The Labute approximate surface area is 110 Å². The van der Waals surface area contributed by atoms with Crippen molar-refractivity contribution in [1.82, 2.24) is 4.90 Å². The van der Waals surface area contributed by atoms with E-state index in [4.69, 9.17) is 0 Å². The first-order valence-corrected chi connectivity index (χ1v) is 7.02. The van der Waals surface area contributed by atoms with Crippen LogP contribution in [0, 0.1) is 0 Å². The largest absolute Gasteiger partial charge is 0.381 e. The third-order valence-corrected chi connectivity index (χ3v) is 4.34. The number of nitrogens with zero attached hydrogens (tertiary/aromatic N) is 2. The van der Waals surface area contributed by atoms with Gasteiger partial charge in [0.15, 0.2) is 0 Å². The maximum absolute atomic E-state index is 3.72. The van der Waals surface area contributed by atoms with Crippen molar-refractivity contribution in [2.45, 2.75) is 31.3 Å². The van der Waals surface area contributed by atoms with Gasteiger partial charge in [0.05, 0.1) is 0 Å². The summed E-state index contributed by atoms with van der Waals surface area (Å²) in [5.74, 6) is 0. The monoisotopic (exact) mass is 245 g/mol. The highest BCUT2D eigenvalue weighted by molar-refractivity contribution is 5.55. The van der Waals surface area contributed by atoms with Gasteiger partial charge in [-0.1, -0.05) is 0 Å². The molecule has 0 amide bonds. The van der Waals surface area contributed by atoms with E-state index in [1.165, 1.54) is 43.7 Å². The number of hydrogen-bond acceptors (Lipinski definition) is 3. The predicted molar refractivity (Wildman–Crippen MR) is 77.4 cm³/mol. The van der Waals surface area contributed by atoms with Crippen LogP contribution in [-0.4, -0.2) is 44.2 Å². The van der Waals surface area contributed by atoms with Gasteiger partial charge in [-0.15, -0.1) is 0 Å². The lowest BCUT2D eigenvalue weighted by atomic mass is 10.1. The second kappa shape index (κ2) is 4.81. The van der Waals surface area contributed by atoms with Gasteiger partial charge in [0.2, 0.25) is 0 Å². The van der Waals surface area contributed by atoms with Crippen LogP contribution in [0.5, 0.6) is 0 Å². The summed E-state index contributed by atoms with van der Waals surface area (Å²) in [5.41, 5.74) is 2.52. The standard InChI is InChI=1S/C15H23N3/c1-17(2)13-7-5-12(6-8-13)16-14-9-11-18-10-3-4-15(14)18/h5-8,14-16H,3-4,9-11H2,1-2H3. The Morgan fingerprint density at radius 1 is 1.11 bits per heavy atom. The molecule has 0 bridgehead atoms. The molecule has 3 heteroatoms. The van der Waals surface area contributed by atoms with E-state index in [0.29, 0.717) is 6.04 Å². The number of anilines is 2. The molecule has 2 atom stereocenters. The van der Waals surface area contributed by atoms with Gasteiger partial charge in [-0.25, -0.2) is 0 Å². The Morgan fingerprint density at radius 2 is 1.89 bits per heavy atom. The molecule has 0 aromatic heterocycles. The van der Waals surface area contributed by atoms with E-state index in [2.05, 4.69) is 53.5 Å². The van der Waals surface area contributed by atoms with Gasteiger partial charge < -0.3 is 10.2 Å². The quantitative estimate of drug-likeness (QED) is 0.882. The van der Waals surface area contributed by atoms with Crippen LogP contribution in [0.15, 0.2) is 24.3 Å². The SMILES string of the molecule is CN(C)c1ccc(NC2CCN3CCCC23)cc1. The smallest absolute Gasteiger partial charge is 0.0429 e. The summed E-state index contributed by atoms with van der Waals surface area (Å²) < 4.78 is 0. The summed E-state index contributed by atoms with van der Waals surface area (Å²) in [6, 6.07) is 10.2. The van der Waals surface area contributed by atoms with Gasteiger partial charge in [0.1, 0.15) is 0 Å². The molecule has 0 aliphatic carbocycles. The van der Waals surface area contributed by atoms with E-state index in [1.54, 1.807) is 0 Å². The van der Waals surface area contributed by atoms with E-state index in [9.17, 15) is 0 Å². The van der Waals surface area contributed by atoms with Gasteiger partial charge in [0, 0.05) is 44.1 Å². The minimum Gasteiger partial charge on any atom is -0.381 e. The second-order valence-corrected chi connectivity index (χ2v) is 5.73. The molecule has 3 rings (SSSR count). The number of fused-ring (bicyclic) bond motifs is 1. The summed E-state index contributed by atoms with van der Waals surface area (Å²) in [4.78, 5) is 4.78. The molecule has 0 saturated carbocycles. The van der Waals surface area contributed by atoms with Crippen molar-refractivity contribution in [2.75, 3.05) is 37.4 Å². The summed E-state index contributed by atoms with van der Waals surface area (Å²) in [7, 11) is 4.16. The normalized spacial score (nSPS) is 27.2. The average molecular weight is 245 g/mol. The highest BCUT2D eigenvalue weighted by atomic mass is 15.2. The number of hydrogen-bond donors (Lipinski definition) is 1. The molecule has 2 aliphatic rings. The summed E-state index contributed by atoms with van der Waals surface area (Å²) in [6.45, 7) is 2.58. The van der Waals surface area contributed by atoms with Gasteiger partial charge in [-0.3, -0.25) is 4.90 Å². The number of rotatable bonds is 3. The molecule has 2 aliphatic heterocycles. The number of nitrogens with one attached hydrogen (secondary N) is 1. The Hall–Kier alpha value is -1.22. The molecule has 2 unspecified atom stereocenters. The van der Waals surface area contributed by atoms with Crippen molar-refractivity contribution < 1.29 is 0 Å². The molecular formula is C15H23N3. The zero-order chi connectivity index (χ0) is 12.5. The fourth-order valence-electron chi connectivity index (χ4n) is 3.32. The van der Waals surface area contributed by atoms with Crippen molar-refractivity contribution in [2.24, 2.45) is 0 Å². The van der Waals surface area contributed by atoms with Gasteiger partial charge in [-0.2, -0.15) is 0 Å². The van der Waals surface area contributed by atoms with E-state index in [-0.39, 0.29) is 0 Å². The van der Waals surface area contributed by atoms with E-state index in [0.717, 1.165) is 6.04 Å².